The molecule has 0 aliphatic rings. The minimum atomic E-state index is -0.950. The zero-order valence-electron chi connectivity index (χ0n) is 7.67. The van der Waals surface area contributed by atoms with Crippen LogP contribution in [0.25, 0.3) is 0 Å². The minimum Gasteiger partial charge on any atom is -0.249 e. The molecule has 1 rings (SSSR count). The van der Waals surface area contributed by atoms with E-state index in [1.807, 2.05) is 13.0 Å². The summed E-state index contributed by atoms with van der Waals surface area (Å²) >= 11 is 3.34. The fourth-order valence-corrected chi connectivity index (χ4v) is 1.48. The van der Waals surface area contributed by atoms with Crippen LogP contribution in [-0.2, 0) is 4.94 Å². The zero-order chi connectivity index (χ0) is 10.6. The molecule has 0 radical (unpaired) electrons. The van der Waals surface area contributed by atoms with E-state index in [1.165, 1.54) is 6.07 Å². The lowest BCUT2D eigenvalue weighted by atomic mass is 10.0. The van der Waals surface area contributed by atoms with Crippen LogP contribution in [0.5, 0.6) is 0 Å². The van der Waals surface area contributed by atoms with E-state index < -0.39 is 5.97 Å². The van der Waals surface area contributed by atoms with Gasteiger partial charge < -0.3 is 0 Å². The largest absolute Gasteiger partial charge is 0.379 e. The second-order valence-corrected chi connectivity index (χ2v) is 3.69. The molecule has 0 fully saturated rings. The van der Waals surface area contributed by atoms with Crippen LogP contribution in [0.15, 0.2) is 24.3 Å². The number of hydrogen-bond donors (Lipinski definition) is 0. The summed E-state index contributed by atoms with van der Waals surface area (Å²) in [7, 11) is 0. The molecule has 0 amide bonds. The first-order valence-corrected chi connectivity index (χ1v) is 5.30. The molecule has 0 bridgehead atoms. The Morgan fingerprint density at radius 1 is 1.64 bits per heavy atom. The van der Waals surface area contributed by atoms with Gasteiger partial charge in [0.15, 0.2) is 0 Å². The standard InChI is InChI=1S/C10H10BrFO2/c1-7(6-11)8-3-2-4-9(5-8)10(13)14-12/h2-5,7H,6H2,1H3. The van der Waals surface area contributed by atoms with Crippen LogP contribution in [0.4, 0.5) is 4.53 Å². The summed E-state index contributed by atoms with van der Waals surface area (Å²) in [6.07, 6.45) is 0. The highest BCUT2D eigenvalue weighted by molar-refractivity contribution is 9.09. The van der Waals surface area contributed by atoms with Gasteiger partial charge in [0.25, 0.3) is 0 Å². The molecule has 0 heterocycles. The third kappa shape index (κ3) is 2.54. The Balaban J connectivity index is 2.95. The van der Waals surface area contributed by atoms with E-state index in [9.17, 15) is 9.32 Å². The first kappa shape index (κ1) is 11.2. The van der Waals surface area contributed by atoms with Crippen molar-refractivity contribution in [2.45, 2.75) is 12.8 Å². The van der Waals surface area contributed by atoms with Gasteiger partial charge in [0, 0.05) is 9.86 Å². The summed E-state index contributed by atoms with van der Waals surface area (Å²) in [4.78, 5) is 14.0. The maximum absolute atomic E-state index is 11.6. The highest BCUT2D eigenvalue weighted by Crippen LogP contribution is 2.18. The minimum absolute atomic E-state index is 0.234. The predicted molar refractivity (Wildman–Crippen MR) is 55.2 cm³/mol. The second kappa shape index (κ2) is 5.10. The molecule has 0 saturated carbocycles. The average molecular weight is 261 g/mol. The quantitative estimate of drug-likeness (QED) is 0.781. The van der Waals surface area contributed by atoms with Crippen molar-refractivity contribution in [1.82, 2.24) is 0 Å². The molecular formula is C10H10BrFO2. The summed E-state index contributed by atoms with van der Waals surface area (Å²) < 4.78 is 11.6. The van der Waals surface area contributed by atoms with Crippen LogP contribution in [0, 0.1) is 0 Å². The summed E-state index contributed by atoms with van der Waals surface area (Å²) in [6, 6.07) is 6.75. The van der Waals surface area contributed by atoms with Gasteiger partial charge in [-0.2, -0.15) is 0 Å². The van der Waals surface area contributed by atoms with E-state index in [-0.39, 0.29) is 11.5 Å². The molecule has 0 N–H and O–H groups in total. The Kier molecular flexibility index (Phi) is 4.07. The molecule has 0 spiro atoms. The van der Waals surface area contributed by atoms with E-state index in [2.05, 4.69) is 20.9 Å². The molecule has 2 nitrogen and oxygen atoms in total. The van der Waals surface area contributed by atoms with Crippen molar-refractivity contribution in [3.8, 4) is 0 Å². The fourth-order valence-electron chi connectivity index (χ4n) is 1.11. The van der Waals surface area contributed by atoms with E-state index in [4.69, 9.17) is 0 Å². The third-order valence-corrected chi connectivity index (χ3v) is 2.96. The molecule has 1 unspecified atom stereocenters. The number of carbonyl (C=O) groups excluding carboxylic acids is 1. The SMILES string of the molecule is CC(CBr)c1cccc(C(=O)OF)c1. The lowest BCUT2D eigenvalue weighted by molar-refractivity contribution is -0.0788. The fraction of sp³-hybridized carbons (Fsp3) is 0.300. The number of carbonyl (C=O) groups is 1. The number of alkyl halides is 1. The molecule has 4 heteroatoms. The first-order valence-electron chi connectivity index (χ1n) is 4.18. The zero-order valence-corrected chi connectivity index (χ0v) is 9.25. The summed E-state index contributed by atoms with van der Waals surface area (Å²) in [5.41, 5.74) is 1.21. The van der Waals surface area contributed by atoms with Gasteiger partial charge in [0.2, 0.25) is 0 Å². The molecule has 1 aromatic carbocycles. The van der Waals surface area contributed by atoms with Gasteiger partial charge in [-0.3, -0.25) is 0 Å². The van der Waals surface area contributed by atoms with Crippen LogP contribution >= 0.6 is 15.9 Å². The smallest absolute Gasteiger partial charge is 0.249 e. The van der Waals surface area contributed by atoms with Crippen molar-refractivity contribution >= 4 is 21.9 Å². The number of hydrogen-bond acceptors (Lipinski definition) is 2. The molecule has 0 aliphatic carbocycles. The number of halogens is 2. The van der Waals surface area contributed by atoms with E-state index in [1.54, 1.807) is 12.1 Å². The van der Waals surface area contributed by atoms with Crippen molar-refractivity contribution in [2.75, 3.05) is 5.33 Å². The van der Waals surface area contributed by atoms with Gasteiger partial charge in [-0.15, -0.1) is 0 Å². The summed E-state index contributed by atoms with van der Waals surface area (Å²) in [5, 5.41) is 0.793. The summed E-state index contributed by atoms with van der Waals surface area (Å²) in [6.45, 7) is 2.01. The van der Waals surface area contributed by atoms with E-state index in [0.717, 1.165) is 10.9 Å². The Morgan fingerprint density at radius 2 is 2.36 bits per heavy atom. The van der Waals surface area contributed by atoms with Gasteiger partial charge in [0.1, 0.15) is 0 Å². The van der Waals surface area contributed by atoms with Crippen molar-refractivity contribution in [3.05, 3.63) is 35.4 Å². The monoisotopic (exact) mass is 260 g/mol. The van der Waals surface area contributed by atoms with Crippen LogP contribution in [0.2, 0.25) is 0 Å². The molecule has 0 aliphatic heterocycles. The van der Waals surface area contributed by atoms with Crippen molar-refractivity contribution in [3.63, 3.8) is 0 Å². The summed E-state index contributed by atoms with van der Waals surface area (Å²) in [5.74, 6) is -0.670. The van der Waals surface area contributed by atoms with Crippen LogP contribution in [-0.4, -0.2) is 11.3 Å². The molecule has 76 valence electrons. The number of rotatable bonds is 3. The maximum atomic E-state index is 11.6. The first-order chi connectivity index (χ1) is 6.69. The van der Waals surface area contributed by atoms with Crippen molar-refractivity contribution in [2.24, 2.45) is 0 Å². The number of benzene rings is 1. The molecule has 14 heavy (non-hydrogen) atoms. The Morgan fingerprint density at radius 3 is 2.93 bits per heavy atom. The topological polar surface area (TPSA) is 26.3 Å². The molecule has 1 aromatic rings. The molecular weight excluding hydrogens is 251 g/mol. The molecule has 0 saturated heterocycles. The van der Waals surface area contributed by atoms with Crippen molar-refractivity contribution < 1.29 is 14.3 Å². The highest BCUT2D eigenvalue weighted by atomic mass is 79.9. The van der Waals surface area contributed by atoms with Gasteiger partial charge >= 0.3 is 5.97 Å². The third-order valence-electron chi connectivity index (χ3n) is 1.99. The van der Waals surface area contributed by atoms with Gasteiger partial charge in [0.05, 0.1) is 5.56 Å². The second-order valence-electron chi connectivity index (χ2n) is 3.05. The van der Waals surface area contributed by atoms with Gasteiger partial charge in [-0.1, -0.05) is 35.0 Å². The van der Waals surface area contributed by atoms with Crippen LogP contribution in [0.3, 0.4) is 0 Å². The Bertz CT molecular complexity index is 328. The Labute approximate surface area is 90.1 Å². The average Bonchev–Trinajstić information content (AvgIpc) is 2.27. The van der Waals surface area contributed by atoms with Crippen molar-refractivity contribution in [1.29, 1.82) is 0 Å². The lowest BCUT2D eigenvalue weighted by Gasteiger charge is -2.08. The van der Waals surface area contributed by atoms with E-state index in [0.29, 0.717) is 0 Å². The normalized spacial score (nSPS) is 12.2. The van der Waals surface area contributed by atoms with E-state index >= 15 is 0 Å². The van der Waals surface area contributed by atoms with Crippen LogP contribution < -0.4 is 0 Å². The maximum Gasteiger partial charge on any atom is 0.379 e. The Hall–Kier alpha value is -0.900. The molecule has 0 aromatic heterocycles. The van der Waals surface area contributed by atoms with Gasteiger partial charge in [-0.05, 0) is 23.6 Å². The lowest BCUT2D eigenvalue weighted by Crippen LogP contribution is -2.01. The predicted octanol–water partition coefficient (Wildman–Crippen LogP) is 3.23. The van der Waals surface area contributed by atoms with Gasteiger partial charge in [-0.25, -0.2) is 9.74 Å². The van der Waals surface area contributed by atoms with Crippen LogP contribution in [0.1, 0.15) is 28.8 Å². The highest BCUT2D eigenvalue weighted by Gasteiger charge is 2.10. The molecule has 1 atom stereocenters.